The first-order valence-corrected chi connectivity index (χ1v) is 17.3. The predicted octanol–water partition coefficient (Wildman–Crippen LogP) is 8.84. The van der Waals surface area contributed by atoms with E-state index in [0.29, 0.717) is 33.8 Å². The summed E-state index contributed by atoms with van der Waals surface area (Å²) in [7, 11) is -4.00. The van der Waals surface area contributed by atoms with Gasteiger partial charge in [-0.05, 0) is 71.1 Å². The number of unbranched alkanes of at least 4 members (excludes halogenated alkanes) is 1. The lowest BCUT2D eigenvalue weighted by Crippen LogP contribution is -2.30. The summed E-state index contributed by atoms with van der Waals surface area (Å²) in [5, 5.41) is 10.9. The molecule has 6 rings (SSSR count). The quantitative estimate of drug-likeness (QED) is 0.141. The normalized spacial score (nSPS) is 11.5. The largest absolute Gasteiger partial charge is 0.478 e. The Bertz CT molecular complexity index is 2130. The van der Waals surface area contributed by atoms with Crippen molar-refractivity contribution < 1.29 is 18.3 Å². The van der Waals surface area contributed by atoms with Crippen LogP contribution < -0.4 is 4.31 Å². The molecule has 1 aromatic heterocycles. The van der Waals surface area contributed by atoms with Gasteiger partial charge < -0.3 is 9.67 Å². The number of carboxylic acid groups (broad SMARTS) is 1. The fourth-order valence-electron chi connectivity index (χ4n) is 5.83. The third kappa shape index (κ3) is 6.80. The Morgan fingerprint density at radius 1 is 0.872 bits per heavy atom. The van der Waals surface area contributed by atoms with Crippen LogP contribution in [0.2, 0.25) is 5.02 Å². The molecule has 0 aliphatic carbocycles. The summed E-state index contributed by atoms with van der Waals surface area (Å²) >= 11 is 6.10. The lowest BCUT2D eigenvalue weighted by atomic mass is 9.95. The monoisotopic (exact) mass is 663 g/mol. The number of aryl methyl sites for hydroxylation is 1. The zero-order chi connectivity index (χ0) is 33.0. The van der Waals surface area contributed by atoms with Crippen molar-refractivity contribution in [3.8, 4) is 11.1 Å². The Labute approximate surface area is 279 Å². The van der Waals surface area contributed by atoms with Crippen molar-refractivity contribution in [3.05, 3.63) is 149 Å². The van der Waals surface area contributed by atoms with E-state index in [1.165, 1.54) is 16.4 Å². The lowest BCUT2D eigenvalue weighted by molar-refractivity contribution is 0.0696. The van der Waals surface area contributed by atoms with Gasteiger partial charge in [-0.2, -0.15) is 0 Å². The van der Waals surface area contributed by atoms with Crippen molar-refractivity contribution in [2.45, 2.75) is 44.2 Å². The average Bonchev–Trinajstić information content (AvgIpc) is 3.43. The van der Waals surface area contributed by atoms with E-state index in [9.17, 15) is 18.3 Å². The summed E-state index contributed by atoms with van der Waals surface area (Å²) in [6.07, 6.45) is 2.55. The van der Waals surface area contributed by atoms with Crippen LogP contribution in [-0.2, 0) is 29.5 Å². The van der Waals surface area contributed by atoms with E-state index in [4.69, 9.17) is 16.6 Å². The van der Waals surface area contributed by atoms with Gasteiger partial charge in [-0.1, -0.05) is 104 Å². The Morgan fingerprint density at radius 2 is 1.57 bits per heavy atom. The Hall–Kier alpha value is -4.92. The van der Waals surface area contributed by atoms with Crippen molar-refractivity contribution in [1.29, 1.82) is 0 Å². The Morgan fingerprint density at radius 3 is 2.26 bits per heavy atom. The second-order valence-electron chi connectivity index (χ2n) is 11.4. The molecular weight excluding hydrogens is 630 g/mol. The van der Waals surface area contributed by atoms with Gasteiger partial charge in [0, 0.05) is 11.4 Å². The highest BCUT2D eigenvalue weighted by Crippen LogP contribution is 2.32. The number of fused-ring (bicyclic) bond motifs is 1. The molecule has 0 atom stereocenters. The summed E-state index contributed by atoms with van der Waals surface area (Å²) in [5.74, 6) is -0.196. The molecule has 47 heavy (non-hydrogen) atoms. The molecule has 0 aliphatic heterocycles. The minimum atomic E-state index is -4.00. The molecule has 0 aliphatic rings. The van der Waals surface area contributed by atoms with Gasteiger partial charge in [-0.3, -0.25) is 4.31 Å². The molecule has 6 aromatic rings. The van der Waals surface area contributed by atoms with Gasteiger partial charge in [0.05, 0.1) is 40.3 Å². The predicted molar refractivity (Wildman–Crippen MR) is 188 cm³/mol. The molecule has 0 amide bonds. The number of halogens is 1. The minimum Gasteiger partial charge on any atom is -0.478 e. The first-order chi connectivity index (χ1) is 22.8. The van der Waals surface area contributed by atoms with Gasteiger partial charge >= 0.3 is 5.97 Å². The molecule has 0 fully saturated rings. The maximum Gasteiger partial charge on any atom is 0.336 e. The second-order valence-corrected chi connectivity index (χ2v) is 13.7. The Kier molecular flexibility index (Phi) is 9.43. The first-order valence-electron chi connectivity index (χ1n) is 15.5. The van der Waals surface area contributed by atoms with E-state index >= 15 is 0 Å². The van der Waals surface area contributed by atoms with Crippen molar-refractivity contribution in [1.82, 2.24) is 9.55 Å². The second kappa shape index (κ2) is 13.8. The van der Waals surface area contributed by atoms with Crippen LogP contribution in [0.4, 0.5) is 5.69 Å². The van der Waals surface area contributed by atoms with Crippen LogP contribution in [0.5, 0.6) is 0 Å². The number of benzene rings is 5. The summed E-state index contributed by atoms with van der Waals surface area (Å²) in [6.45, 7) is 2.47. The number of hydrogen-bond acceptors (Lipinski definition) is 4. The average molecular weight is 664 g/mol. The van der Waals surface area contributed by atoms with Crippen LogP contribution in [0, 0.1) is 0 Å². The maximum atomic E-state index is 14.2. The van der Waals surface area contributed by atoms with Crippen LogP contribution in [-0.4, -0.2) is 29.0 Å². The van der Waals surface area contributed by atoms with Crippen molar-refractivity contribution in [2.75, 3.05) is 4.31 Å². The van der Waals surface area contributed by atoms with Crippen LogP contribution >= 0.6 is 11.6 Å². The number of sulfonamides is 1. The van der Waals surface area contributed by atoms with Crippen LogP contribution in [0.15, 0.2) is 126 Å². The fraction of sp³-hybridized carbons (Fsp3) is 0.158. The maximum absolute atomic E-state index is 14.2. The van der Waals surface area contributed by atoms with E-state index in [2.05, 4.69) is 6.92 Å². The molecule has 0 saturated carbocycles. The third-order valence-electron chi connectivity index (χ3n) is 8.20. The number of nitrogens with zero attached hydrogens (tertiary/aromatic N) is 3. The zero-order valence-electron chi connectivity index (χ0n) is 25.9. The van der Waals surface area contributed by atoms with E-state index < -0.39 is 16.0 Å². The van der Waals surface area contributed by atoms with Gasteiger partial charge in [-0.25, -0.2) is 18.2 Å². The molecule has 0 spiro atoms. The molecular formula is C38H34ClN3O4S. The van der Waals surface area contributed by atoms with E-state index in [0.717, 1.165) is 35.3 Å². The highest BCUT2D eigenvalue weighted by molar-refractivity contribution is 7.92. The van der Waals surface area contributed by atoms with E-state index in [1.807, 2.05) is 95.6 Å². The van der Waals surface area contributed by atoms with Crippen LogP contribution in [0.25, 0.3) is 22.2 Å². The summed E-state index contributed by atoms with van der Waals surface area (Å²) in [4.78, 5) is 17.8. The van der Waals surface area contributed by atoms with Gasteiger partial charge in [0.1, 0.15) is 5.82 Å². The molecule has 0 saturated heterocycles. The molecule has 0 bridgehead atoms. The van der Waals surface area contributed by atoms with E-state index in [-0.39, 0.29) is 23.5 Å². The molecule has 0 unspecified atom stereocenters. The van der Waals surface area contributed by atoms with Gasteiger partial charge in [0.25, 0.3) is 10.0 Å². The first kappa shape index (κ1) is 32.0. The molecule has 5 aromatic carbocycles. The fourth-order valence-corrected chi connectivity index (χ4v) is 7.40. The number of aromatic nitrogens is 2. The smallest absolute Gasteiger partial charge is 0.336 e. The third-order valence-corrected chi connectivity index (χ3v) is 10.2. The number of carbonyl (C=O) groups is 1. The summed E-state index contributed by atoms with van der Waals surface area (Å²) in [5.41, 5.74) is 5.05. The highest BCUT2D eigenvalue weighted by atomic mass is 35.5. The number of carboxylic acids is 1. The van der Waals surface area contributed by atoms with Gasteiger partial charge in [0.2, 0.25) is 0 Å². The molecule has 7 nitrogen and oxygen atoms in total. The van der Waals surface area contributed by atoms with Gasteiger partial charge in [0.15, 0.2) is 0 Å². The van der Waals surface area contributed by atoms with Crippen molar-refractivity contribution in [2.24, 2.45) is 0 Å². The molecule has 0 radical (unpaired) electrons. The number of imidazole rings is 1. The standard InChI is InChI=1S/C38H34ClN3O4S/c1-2-3-17-36-40-34-23-20-31(42(25-27-11-6-4-7-12-27)47(45,46)32-21-18-30(39)19-22-32)24-35(34)41(36)26-29-15-10-16-33(37(29)38(43)44)28-13-8-5-9-14-28/h4-16,18-24H,2-3,17,25-26H2,1H3,(H,43,44). The van der Waals surface area contributed by atoms with Crippen molar-refractivity contribution in [3.63, 3.8) is 0 Å². The van der Waals surface area contributed by atoms with Gasteiger partial charge in [-0.15, -0.1) is 0 Å². The highest BCUT2D eigenvalue weighted by Gasteiger charge is 2.27. The minimum absolute atomic E-state index is 0.108. The van der Waals surface area contributed by atoms with Crippen LogP contribution in [0.3, 0.4) is 0 Å². The van der Waals surface area contributed by atoms with Crippen molar-refractivity contribution >= 4 is 44.3 Å². The summed E-state index contributed by atoms with van der Waals surface area (Å²) in [6, 6.07) is 36.1. The SMILES string of the molecule is CCCCc1nc2ccc(N(Cc3ccccc3)S(=O)(=O)c3ccc(Cl)cc3)cc2n1Cc1cccc(-c2ccccc2)c1C(=O)O. The molecule has 238 valence electrons. The molecule has 1 heterocycles. The lowest BCUT2D eigenvalue weighted by Gasteiger charge is -2.25. The molecule has 1 N–H and O–H groups in total. The van der Waals surface area contributed by atoms with E-state index in [1.54, 1.807) is 18.2 Å². The number of hydrogen-bond donors (Lipinski definition) is 1. The summed E-state index contributed by atoms with van der Waals surface area (Å²) < 4.78 is 31.8. The molecule has 9 heteroatoms. The topological polar surface area (TPSA) is 92.5 Å². The van der Waals surface area contributed by atoms with Crippen LogP contribution in [0.1, 0.15) is 47.1 Å². The number of aromatic carboxylic acids is 1. The Balaban J connectivity index is 1.50. The zero-order valence-corrected chi connectivity index (χ0v) is 27.5. The number of anilines is 1. The number of rotatable bonds is 12.